The molecule has 2 aliphatic rings. The summed E-state index contributed by atoms with van der Waals surface area (Å²) < 4.78 is 28.0. The van der Waals surface area contributed by atoms with Crippen LogP contribution < -0.4 is 20.9 Å². The Kier molecular flexibility index (Phi) is 7.66. The van der Waals surface area contributed by atoms with Crippen LogP contribution in [0.2, 0.25) is 0 Å². The summed E-state index contributed by atoms with van der Waals surface area (Å²) in [5.41, 5.74) is 0.0425. The number of hydrogen-bond donors (Lipinski definition) is 3. The molecule has 6 nitrogen and oxygen atoms in total. The van der Waals surface area contributed by atoms with E-state index in [0.29, 0.717) is 32.1 Å². The Labute approximate surface area is 171 Å². The molecular formula is C21H31F2N5O. The van der Waals surface area contributed by atoms with Crippen LogP contribution in [0.1, 0.15) is 39.0 Å². The molecular weight excluding hydrogens is 376 g/mol. The maximum atomic E-state index is 14.0. The zero-order chi connectivity index (χ0) is 20.6. The van der Waals surface area contributed by atoms with Crippen molar-refractivity contribution in [3.8, 4) is 0 Å². The molecule has 8 heteroatoms. The van der Waals surface area contributed by atoms with Crippen LogP contribution in [0.5, 0.6) is 0 Å². The number of amides is 1. The van der Waals surface area contributed by atoms with Gasteiger partial charge < -0.3 is 20.9 Å². The van der Waals surface area contributed by atoms with Crippen LogP contribution in [0.15, 0.2) is 23.2 Å². The highest BCUT2D eigenvalue weighted by Gasteiger charge is 2.27. The van der Waals surface area contributed by atoms with Crippen LogP contribution in [0.3, 0.4) is 0 Å². The van der Waals surface area contributed by atoms with Gasteiger partial charge in [0.1, 0.15) is 17.3 Å². The molecule has 1 unspecified atom stereocenters. The van der Waals surface area contributed by atoms with E-state index in [4.69, 9.17) is 0 Å². The van der Waals surface area contributed by atoms with Gasteiger partial charge in [-0.3, -0.25) is 9.79 Å². The fourth-order valence-electron chi connectivity index (χ4n) is 3.68. The molecule has 1 aromatic carbocycles. The highest BCUT2D eigenvalue weighted by Crippen LogP contribution is 2.27. The third-order valence-corrected chi connectivity index (χ3v) is 5.51. The molecule has 0 bridgehead atoms. The fraction of sp³-hybridized carbons (Fsp3) is 0.619. The van der Waals surface area contributed by atoms with Gasteiger partial charge >= 0.3 is 0 Å². The van der Waals surface area contributed by atoms with Gasteiger partial charge in [0.2, 0.25) is 5.91 Å². The number of carbonyl (C=O) groups excluding carboxylic acids is 1. The summed E-state index contributed by atoms with van der Waals surface area (Å²) in [5, 5.41) is 9.54. The van der Waals surface area contributed by atoms with E-state index >= 15 is 0 Å². The minimum atomic E-state index is -0.532. The molecule has 3 rings (SSSR count). The summed E-state index contributed by atoms with van der Waals surface area (Å²) >= 11 is 0. The lowest BCUT2D eigenvalue weighted by atomic mass is 9.85. The lowest BCUT2D eigenvalue weighted by molar-refractivity contribution is -0.127. The lowest BCUT2D eigenvalue weighted by Gasteiger charge is -2.23. The number of benzene rings is 1. The Balaban J connectivity index is 1.44. The number of para-hydroxylation sites is 1. The zero-order valence-electron chi connectivity index (χ0n) is 17.0. The van der Waals surface area contributed by atoms with E-state index in [9.17, 15) is 13.6 Å². The topological polar surface area (TPSA) is 68.8 Å². The number of guanidine groups is 1. The molecule has 1 amide bonds. The number of rotatable bonds is 8. The molecule has 0 spiro atoms. The summed E-state index contributed by atoms with van der Waals surface area (Å²) in [6.45, 7) is 5.04. The van der Waals surface area contributed by atoms with Crippen LogP contribution in [-0.2, 0) is 4.79 Å². The van der Waals surface area contributed by atoms with Crippen molar-refractivity contribution in [1.29, 1.82) is 0 Å². The lowest BCUT2D eigenvalue weighted by Crippen LogP contribution is -2.44. The second-order valence-corrected chi connectivity index (χ2v) is 7.68. The molecule has 160 valence electrons. The van der Waals surface area contributed by atoms with E-state index in [2.05, 4.69) is 20.9 Å². The first-order valence-electron chi connectivity index (χ1n) is 10.6. The van der Waals surface area contributed by atoms with Crippen LogP contribution >= 0.6 is 0 Å². The van der Waals surface area contributed by atoms with Crippen molar-refractivity contribution in [2.45, 2.75) is 45.1 Å². The number of halogens is 2. The summed E-state index contributed by atoms with van der Waals surface area (Å²) in [4.78, 5) is 18.1. The number of nitrogens with zero attached hydrogens (tertiary/aromatic N) is 2. The molecule has 1 saturated heterocycles. The number of aliphatic imine (C=N–C) groups is 1. The Hall–Kier alpha value is -2.38. The number of nitrogens with one attached hydrogen (secondary N) is 3. The largest absolute Gasteiger partial charge is 0.365 e. The number of anilines is 1. The third-order valence-electron chi connectivity index (χ3n) is 5.51. The van der Waals surface area contributed by atoms with Crippen LogP contribution in [0.25, 0.3) is 0 Å². The van der Waals surface area contributed by atoms with Gasteiger partial charge in [-0.1, -0.05) is 12.5 Å². The first-order valence-corrected chi connectivity index (χ1v) is 10.6. The third kappa shape index (κ3) is 5.81. The Bertz CT molecular complexity index is 703. The van der Waals surface area contributed by atoms with Crippen molar-refractivity contribution in [2.24, 2.45) is 10.9 Å². The minimum absolute atomic E-state index is 0.0425. The van der Waals surface area contributed by atoms with Gasteiger partial charge in [0.25, 0.3) is 0 Å². The van der Waals surface area contributed by atoms with Gasteiger partial charge in [0.05, 0.1) is 0 Å². The van der Waals surface area contributed by atoms with E-state index < -0.39 is 11.6 Å². The minimum Gasteiger partial charge on any atom is -0.365 e. The molecule has 1 aliphatic heterocycles. The predicted octanol–water partition coefficient (Wildman–Crippen LogP) is 2.41. The monoisotopic (exact) mass is 407 g/mol. The van der Waals surface area contributed by atoms with E-state index in [1.807, 2.05) is 6.92 Å². The standard InChI is InChI=1S/C21H31F2N5O/c1-2-24-21(26-12-5-11-25-20(29)15-6-3-7-15)27-16-10-13-28(14-16)19-17(22)8-4-9-18(19)23/h4,8-9,15-16H,2-3,5-7,10-14H2,1H3,(H,25,29)(H2,24,26,27). The maximum absolute atomic E-state index is 14.0. The first-order chi connectivity index (χ1) is 14.1. The van der Waals surface area contributed by atoms with Crippen molar-refractivity contribution >= 4 is 17.6 Å². The van der Waals surface area contributed by atoms with Gasteiger partial charge in [-0.15, -0.1) is 0 Å². The molecule has 0 aromatic heterocycles. The van der Waals surface area contributed by atoms with Crippen molar-refractivity contribution in [3.05, 3.63) is 29.8 Å². The van der Waals surface area contributed by atoms with E-state index in [1.165, 1.54) is 18.2 Å². The Morgan fingerprint density at radius 2 is 1.97 bits per heavy atom. The highest BCUT2D eigenvalue weighted by molar-refractivity contribution is 5.80. The second kappa shape index (κ2) is 10.4. The average Bonchev–Trinajstić information content (AvgIpc) is 3.08. The van der Waals surface area contributed by atoms with Crippen molar-refractivity contribution in [1.82, 2.24) is 16.0 Å². The second-order valence-electron chi connectivity index (χ2n) is 7.68. The molecule has 1 aromatic rings. The van der Waals surface area contributed by atoms with Crippen LogP contribution in [0.4, 0.5) is 14.5 Å². The molecule has 3 N–H and O–H groups in total. The molecule has 1 heterocycles. The van der Waals surface area contributed by atoms with E-state index in [-0.39, 0.29) is 23.6 Å². The van der Waals surface area contributed by atoms with Gasteiger partial charge in [0, 0.05) is 44.7 Å². The van der Waals surface area contributed by atoms with Gasteiger partial charge in [0.15, 0.2) is 5.96 Å². The maximum Gasteiger partial charge on any atom is 0.223 e. The summed E-state index contributed by atoms with van der Waals surface area (Å²) in [5.74, 6) is 0.00258. The highest BCUT2D eigenvalue weighted by atomic mass is 19.1. The van der Waals surface area contributed by atoms with Gasteiger partial charge in [-0.2, -0.15) is 0 Å². The smallest absolute Gasteiger partial charge is 0.223 e. The van der Waals surface area contributed by atoms with E-state index in [1.54, 1.807) is 4.90 Å². The average molecular weight is 408 g/mol. The Morgan fingerprint density at radius 1 is 1.21 bits per heavy atom. The SMILES string of the molecule is CCNC(=NCCCNC(=O)C1CCC1)NC1CCN(c2c(F)cccc2F)C1. The Morgan fingerprint density at radius 3 is 2.62 bits per heavy atom. The zero-order valence-corrected chi connectivity index (χ0v) is 17.0. The quantitative estimate of drug-likeness (QED) is 0.352. The number of hydrogen-bond acceptors (Lipinski definition) is 3. The summed E-state index contributed by atoms with van der Waals surface area (Å²) in [7, 11) is 0. The van der Waals surface area contributed by atoms with Crippen molar-refractivity contribution < 1.29 is 13.6 Å². The predicted molar refractivity (Wildman–Crippen MR) is 111 cm³/mol. The molecule has 0 radical (unpaired) electrons. The van der Waals surface area contributed by atoms with Crippen molar-refractivity contribution in [2.75, 3.05) is 37.6 Å². The number of carbonyl (C=O) groups is 1. The van der Waals surface area contributed by atoms with Crippen LogP contribution in [-0.4, -0.2) is 50.6 Å². The molecule has 2 fully saturated rings. The molecule has 1 saturated carbocycles. The molecule has 1 aliphatic carbocycles. The summed E-state index contributed by atoms with van der Waals surface area (Å²) in [6.07, 6.45) is 4.71. The molecule has 29 heavy (non-hydrogen) atoms. The van der Waals surface area contributed by atoms with Gasteiger partial charge in [-0.05, 0) is 44.7 Å². The van der Waals surface area contributed by atoms with Crippen molar-refractivity contribution in [3.63, 3.8) is 0 Å². The normalized spacial score (nSPS) is 19.8. The van der Waals surface area contributed by atoms with Gasteiger partial charge in [-0.25, -0.2) is 8.78 Å². The fourth-order valence-corrected chi connectivity index (χ4v) is 3.68. The molecule has 1 atom stereocenters. The summed E-state index contributed by atoms with van der Waals surface area (Å²) in [6, 6.07) is 4.01. The van der Waals surface area contributed by atoms with Crippen LogP contribution in [0, 0.1) is 17.6 Å². The first kappa shape index (κ1) is 21.3. The van der Waals surface area contributed by atoms with E-state index in [0.717, 1.165) is 38.6 Å².